The van der Waals surface area contributed by atoms with Crippen molar-refractivity contribution in [2.45, 2.75) is 38.7 Å². The maximum absolute atomic E-state index is 11.9. The zero-order chi connectivity index (χ0) is 11.1. The van der Waals surface area contributed by atoms with Crippen LogP contribution in [0.15, 0.2) is 0 Å². The molecule has 4 nitrogen and oxygen atoms in total. The molecule has 1 aliphatic carbocycles. The van der Waals surface area contributed by atoms with Gasteiger partial charge in [0.1, 0.15) is 5.78 Å². The van der Waals surface area contributed by atoms with Crippen LogP contribution in [0.4, 0.5) is 0 Å². The van der Waals surface area contributed by atoms with Gasteiger partial charge in [-0.05, 0) is 32.6 Å². The number of amides is 1. The first kappa shape index (κ1) is 10.6. The van der Waals surface area contributed by atoms with E-state index in [1.54, 1.807) is 4.90 Å². The van der Waals surface area contributed by atoms with Gasteiger partial charge in [0.25, 0.3) is 0 Å². The fourth-order valence-electron chi connectivity index (χ4n) is 2.67. The predicted octanol–water partition coefficient (Wildman–Crippen LogP) is 0.339. The molecule has 0 atom stereocenters. The molecule has 1 amide bonds. The highest BCUT2D eigenvalue weighted by Crippen LogP contribution is 2.44. The molecule has 1 heterocycles. The molecule has 1 saturated heterocycles. The minimum Gasteiger partial charge on any atom is -0.393 e. The van der Waals surface area contributed by atoms with Crippen LogP contribution in [0, 0.1) is 5.41 Å². The van der Waals surface area contributed by atoms with Crippen molar-refractivity contribution < 1.29 is 14.7 Å². The van der Waals surface area contributed by atoms with Gasteiger partial charge >= 0.3 is 0 Å². The first-order valence-electron chi connectivity index (χ1n) is 5.50. The number of rotatable bonds is 2. The molecule has 0 aromatic heterocycles. The van der Waals surface area contributed by atoms with E-state index in [-0.39, 0.29) is 29.8 Å². The summed E-state index contributed by atoms with van der Waals surface area (Å²) < 4.78 is 0. The minimum absolute atomic E-state index is 0.0362. The molecule has 2 rings (SSSR count). The van der Waals surface area contributed by atoms with Crippen molar-refractivity contribution in [1.29, 1.82) is 0 Å². The largest absolute Gasteiger partial charge is 0.393 e. The van der Waals surface area contributed by atoms with E-state index >= 15 is 0 Å². The lowest BCUT2D eigenvalue weighted by Crippen LogP contribution is -2.63. The Kier molecular flexibility index (Phi) is 2.54. The van der Waals surface area contributed by atoms with Gasteiger partial charge in [0.05, 0.1) is 18.1 Å². The number of hydrogen-bond donors (Lipinski definition) is 1. The van der Waals surface area contributed by atoms with Gasteiger partial charge < -0.3 is 10.0 Å². The summed E-state index contributed by atoms with van der Waals surface area (Å²) in [5.41, 5.74) is -0.228. The molecular weight excluding hydrogens is 194 g/mol. The third-order valence-electron chi connectivity index (χ3n) is 3.56. The van der Waals surface area contributed by atoms with E-state index in [1.165, 1.54) is 6.92 Å². The van der Waals surface area contributed by atoms with Crippen molar-refractivity contribution in [2.75, 3.05) is 13.1 Å². The highest BCUT2D eigenvalue weighted by Gasteiger charge is 2.52. The molecule has 0 radical (unpaired) electrons. The van der Waals surface area contributed by atoms with Gasteiger partial charge in [-0.15, -0.1) is 0 Å². The van der Waals surface area contributed by atoms with Crippen LogP contribution in [0.25, 0.3) is 0 Å². The molecule has 4 heteroatoms. The zero-order valence-electron chi connectivity index (χ0n) is 9.03. The number of hydrogen-bond acceptors (Lipinski definition) is 3. The van der Waals surface area contributed by atoms with Gasteiger partial charge in [-0.2, -0.15) is 0 Å². The summed E-state index contributed by atoms with van der Waals surface area (Å²) in [6, 6.07) is 0. The van der Waals surface area contributed by atoms with Crippen molar-refractivity contribution >= 4 is 11.7 Å². The van der Waals surface area contributed by atoms with E-state index in [0.717, 1.165) is 25.7 Å². The second-order valence-corrected chi connectivity index (χ2v) is 4.87. The molecule has 0 aromatic rings. The first-order valence-corrected chi connectivity index (χ1v) is 5.50. The van der Waals surface area contributed by atoms with Crippen molar-refractivity contribution in [1.82, 2.24) is 4.90 Å². The summed E-state index contributed by atoms with van der Waals surface area (Å²) >= 11 is 0. The number of aliphatic hydroxyl groups is 1. The van der Waals surface area contributed by atoms with E-state index in [2.05, 4.69) is 0 Å². The van der Waals surface area contributed by atoms with Gasteiger partial charge in [-0.3, -0.25) is 9.59 Å². The number of likely N-dealkylation sites (tertiary alicyclic amines) is 1. The van der Waals surface area contributed by atoms with Gasteiger partial charge in [0, 0.05) is 6.54 Å². The monoisotopic (exact) mass is 211 g/mol. The van der Waals surface area contributed by atoms with E-state index < -0.39 is 0 Å². The molecule has 1 N–H and O–H groups in total. The summed E-state index contributed by atoms with van der Waals surface area (Å²) in [5, 5.41) is 9.38. The van der Waals surface area contributed by atoms with Crippen LogP contribution in [-0.4, -0.2) is 40.9 Å². The lowest BCUT2D eigenvalue weighted by atomic mass is 9.67. The number of Topliss-reactive ketones (excluding diaryl/α,β-unsaturated/α-hetero) is 1. The molecule has 15 heavy (non-hydrogen) atoms. The first-order chi connectivity index (χ1) is 7.03. The molecule has 2 fully saturated rings. The van der Waals surface area contributed by atoms with E-state index in [0.29, 0.717) is 6.54 Å². The molecular formula is C11H17NO3. The van der Waals surface area contributed by atoms with Crippen LogP contribution < -0.4 is 0 Å². The van der Waals surface area contributed by atoms with Crippen LogP contribution in [0.3, 0.4) is 0 Å². The van der Waals surface area contributed by atoms with Crippen molar-refractivity contribution in [2.24, 2.45) is 5.41 Å². The highest BCUT2D eigenvalue weighted by atomic mass is 16.3. The Balaban J connectivity index is 1.93. The zero-order valence-corrected chi connectivity index (χ0v) is 9.03. The van der Waals surface area contributed by atoms with Crippen LogP contribution in [0.5, 0.6) is 0 Å². The minimum atomic E-state index is -0.231. The highest BCUT2D eigenvalue weighted by molar-refractivity contribution is 5.92. The van der Waals surface area contributed by atoms with Crippen LogP contribution in [0.1, 0.15) is 32.6 Å². The molecule has 84 valence electrons. The van der Waals surface area contributed by atoms with Gasteiger partial charge in [-0.25, -0.2) is 0 Å². The topological polar surface area (TPSA) is 57.6 Å². The van der Waals surface area contributed by atoms with Crippen molar-refractivity contribution in [3.05, 3.63) is 0 Å². The van der Waals surface area contributed by atoms with Crippen LogP contribution >= 0.6 is 0 Å². The average molecular weight is 211 g/mol. The Morgan fingerprint density at radius 3 is 2.60 bits per heavy atom. The molecule has 1 spiro atoms. The standard InChI is InChI=1S/C11H17NO3/c1-8(13)6-12-7-11(10(12)15)4-2-9(14)3-5-11/h9,14H,2-7H2,1H3. The Labute approximate surface area is 89.3 Å². The Morgan fingerprint density at radius 2 is 2.13 bits per heavy atom. The SMILES string of the molecule is CC(=O)CN1CC2(CCC(O)CC2)C1=O. The number of carbonyl (C=O) groups is 2. The van der Waals surface area contributed by atoms with E-state index in [4.69, 9.17) is 0 Å². The summed E-state index contributed by atoms with van der Waals surface area (Å²) in [6.45, 7) is 2.46. The van der Waals surface area contributed by atoms with E-state index in [1.807, 2.05) is 0 Å². The fourth-order valence-corrected chi connectivity index (χ4v) is 2.67. The van der Waals surface area contributed by atoms with Crippen LogP contribution in [0.2, 0.25) is 0 Å². The Hall–Kier alpha value is -0.900. The van der Waals surface area contributed by atoms with E-state index in [9.17, 15) is 14.7 Å². The average Bonchev–Trinajstić information content (AvgIpc) is 2.19. The van der Waals surface area contributed by atoms with Gasteiger partial charge in [0.15, 0.2) is 0 Å². The summed E-state index contributed by atoms with van der Waals surface area (Å²) in [4.78, 5) is 24.4. The number of β-lactam (4-membered cyclic amide) rings is 1. The maximum Gasteiger partial charge on any atom is 0.231 e. The quantitative estimate of drug-likeness (QED) is 0.670. The maximum atomic E-state index is 11.9. The summed E-state index contributed by atoms with van der Waals surface area (Å²) in [5.74, 6) is 0.152. The van der Waals surface area contributed by atoms with Gasteiger partial charge in [0.2, 0.25) is 5.91 Å². The van der Waals surface area contributed by atoms with Gasteiger partial charge in [-0.1, -0.05) is 0 Å². The Morgan fingerprint density at radius 1 is 1.53 bits per heavy atom. The van der Waals surface area contributed by atoms with Crippen molar-refractivity contribution in [3.63, 3.8) is 0 Å². The smallest absolute Gasteiger partial charge is 0.231 e. The third kappa shape index (κ3) is 1.78. The number of ketones is 1. The molecule has 0 aromatic carbocycles. The number of carbonyl (C=O) groups excluding carboxylic acids is 2. The molecule has 1 saturated carbocycles. The molecule has 1 aliphatic heterocycles. The fraction of sp³-hybridized carbons (Fsp3) is 0.818. The number of nitrogens with zero attached hydrogens (tertiary/aromatic N) is 1. The second-order valence-electron chi connectivity index (χ2n) is 4.87. The summed E-state index contributed by atoms with van der Waals surface area (Å²) in [6.07, 6.45) is 2.77. The predicted molar refractivity (Wildman–Crippen MR) is 54.2 cm³/mol. The van der Waals surface area contributed by atoms with Crippen LogP contribution in [-0.2, 0) is 9.59 Å². The number of aliphatic hydroxyl groups excluding tert-OH is 1. The third-order valence-corrected chi connectivity index (χ3v) is 3.56. The summed E-state index contributed by atoms with van der Waals surface area (Å²) in [7, 11) is 0. The lowest BCUT2D eigenvalue weighted by molar-refractivity contribution is -0.167. The Bertz CT molecular complexity index is 292. The molecule has 2 aliphatic rings. The van der Waals surface area contributed by atoms with Crippen molar-refractivity contribution in [3.8, 4) is 0 Å². The molecule has 0 bridgehead atoms. The molecule has 0 unspecified atom stereocenters. The second kappa shape index (κ2) is 3.59. The normalized spacial score (nSPS) is 35.5. The lowest BCUT2D eigenvalue weighted by Gasteiger charge is -2.51.